The van der Waals surface area contributed by atoms with Crippen molar-refractivity contribution in [3.05, 3.63) is 29.8 Å². The van der Waals surface area contributed by atoms with Crippen molar-refractivity contribution in [2.75, 3.05) is 13.1 Å². The summed E-state index contributed by atoms with van der Waals surface area (Å²) in [6.45, 7) is 3.69. The zero-order valence-corrected chi connectivity index (χ0v) is 12.4. The minimum absolute atomic E-state index is 0.0730. The first-order valence-electron chi connectivity index (χ1n) is 7.79. The van der Waals surface area contributed by atoms with Gasteiger partial charge in [-0.3, -0.25) is 9.78 Å². The van der Waals surface area contributed by atoms with Crippen LogP contribution in [-0.2, 0) is 4.79 Å². The molecular weight excluding hydrogens is 269 g/mol. The molecule has 1 N–H and O–H groups in total. The SMILES string of the molecule is CC(NC1CCN(C(=O)C2CC2)CC1)c1cncc(F)c1. The zero-order valence-electron chi connectivity index (χ0n) is 12.4. The number of nitrogens with zero attached hydrogens (tertiary/aromatic N) is 2. The third-order valence-corrected chi connectivity index (χ3v) is 4.44. The number of nitrogens with one attached hydrogen (secondary N) is 1. The van der Waals surface area contributed by atoms with E-state index in [9.17, 15) is 9.18 Å². The summed E-state index contributed by atoms with van der Waals surface area (Å²) in [7, 11) is 0. The summed E-state index contributed by atoms with van der Waals surface area (Å²) < 4.78 is 13.2. The molecule has 0 radical (unpaired) electrons. The van der Waals surface area contributed by atoms with Crippen LogP contribution in [0.1, 0.15) is 44.2 Å². The molecule has 4 nitrogen and oxygen atoms in total. The largest absolute Gasteiger partial charge is 0.342 e. The predicted octanol–water partition coefficient (Wildman–Crippen LogP) is 2.27. The smallest absolute Gasteiger partial charge is 0.225 e. The lowest BCUT2D eigenvalue weighted by Gasteiger charge is -2.34. The number of likely N-dealkylation sites (tertiary alicyclic amines) is 1. The number of halogens is 1. The van der Waals surface area contributed by atoms with E-state index in [1.165, 1.54) is 12.3 Å². The monoisotopic (exact) mass is 291 g/mol. The van der Waals surface area contributed by atoms with Gasteiger partial charge in [0.2, 0.25) is 5.91 Å². The number of amides is 1. The van der Waals surface area contributed by atoms with Crippen molar-refractivity contribution in [3.8, 4) is 0 Å². The average molecular weight is 291 g/mol. The van der Waals surface area contributed by atoms with E-state index in [2.05, 4.69) is 10.3 Å². The highest BCUT2D eigenvalue weighted by atomic mass is 19.1. The van der Waals surface area contributed by atoms with Crippen LogP contribution in [0.2, 0.25) is 0 Å². The highest BCUT2D eigenvalue weighted by Crippen LogP contribution is 2.32. The van der Waals surface area contributed by atoms with Crippen LogP contribution in [0.15, 0.2) is 18.5 Å². The van der Waals surface area contributed by atoms with E-state index in [1.54, 1.807) is 6.20 Å². The summed E-state index contributed by atoms with van der Waals surface area (Å²) in [5.74, 6) is 0.355. The highest BCUT2D eigenvalue weighted by molar-refractivity contribution is 5.81. The summed E-state index contributed by atoms with van der Waals surface area (Å²) >= 11 is 0. The minimum atomic E-state index is -0.300. The number of carbonyl (C=O) groups is 1. The molecule has 1 saturated heterocycles. The Morgan fingerprint density at radius 3 is 2.67 bits per heavy atom. The quantitative estimate of drug-likeness (QED) is 0.925. The van der Waals surface area contributed by atoms with Crippen LogP contribution in [-0.4, -0.2) is 34.9 Å². The van der Waals surface area contributed by atoms with Gasteiger partial charge in [0.25, 0.3) is 0 Å². The average Bonchev–Trinajstić information content (AvgIpc) is 3.32. The second kappa shape index (κ2) is 6.10. The van der Waals surface area contributed by atoms with Gasteiger partial charge in [-0.05, 0) is 44.2 Å². The van der Waals surface area contributed by atoms with Crippen LogP contribution in [0.5, 0.6) is 0 Å². The second-order valence-electron chi connectivity index (χ2n) is 6.20. The number of carbonyl (C=O) groups excluding carboxylic acids is 1. The van der Waals surface area contributed by atoms with Crippen LogP contribution in [0.25, 0.3) is 0 Å². The Kier molecular flexibility index (Phi) is 4.19. The molecule has 3 rings (SSSR count). The fourth-order valence-electron chi connectivity index (χ4n) is 2.97. The van der Waals surface area contributed by atoms with Gasteiger partial charge in [0, 0.05) is 37.3 Å². The number of aromatic nitrogens is 1. The van der Waals surface area contributed by atoms with Crippen LogP contribution < -0.4 is 5.32 Å². The Balaban J connectivity index is 1.49. The molecule has 1 aromatic heterocycles. The van der Waals surface area contributed by atoms with Gasteiger partial charge in [-0.1, -0.05) is 0 Å². The lowest BCUT2D eigenvalue weighted by Crippen LogP contribution is -2.46. The van der Waals surface area contributed by atoms with Crippen LogP contribution >= 0.6 is 0 Å². The van der Waals surface area contributed by atoms with Crippen molar-refractivity contribution in [2.45, 2.75) is 44.7 Å². The molecule has 0 spiro atoms. The number of hydrogen-bond acceptors (Lipinski definition) is 3. The standard InChI is InChI=1S/C16H22FN3O/c1-11(13-8-14(17)10-18-9-13)19-15-4-6-20(7-5-15)16(21)12-2-3-12/h8-12,15,19H,2-7H2,1H3. The van der Waals surface area contributed by atoms with Gasteiger partial charge < -0.3 is 10.2 Å². The molecule has 1 unspecified atom stereocenters. The third kappa shape index (κ3) is 3.59. The fourth-order valence-corrected chi connectivity index (χ4v) is 2.97. The van der Waals surface area contributed by atoms with Gasteiger partial charge >= 0.3 is 0 Å². The Bertz CT molecular complexity index is 510. The van der Waals surface area contributed by atoms with E-state index in [0.717, 1.165) is 44.3 Å². The van der Waals surface area contributed by atoms with Gasteiger partial charge in [-0.25, -0.2) is 4.39 Å². The first-order valence-corrected chi connectivity index (χ1v) is 7.79. The topological polar surface area (TPSA) is 45.2 Å². The lowest BCUT2D eigenvalue weighted by atomic mass is 10.0. The summed E-state index contributed by atoms with van der Waals surface area (Å²) in [6.07, 6.45) is 6.99. The molecule has 1 saturated carbocycles. The van der Waals surface area contributed by atoms with E-state index >= 15 is 0 Å². The summed E-state index contributed by atoms with van der Waals surface area (Å²) in [6, 6.07) is 1.98. The van der Waals surface area contributed by atoms with Crippen molar-refractivity contribution in [2.24, 2.45) is 5.92 Å². The lowest BCUT2D eigenvalue weighted by molar-refractivity contribution is -0.133. The normalized spacial score (nSPS) is 21.3. The molecule has 21 heavy (non-hydrogen) atoms. The molecule has 0 aromatic carbocycles. The molecule has 2 heterocycles. The molecule has 114 valence electrons. The Hall–Kier alpha value is -1.49. The van der Waals surface area contributed by atoms with Crippen LogP contribution in [0, 0.1) is 11.7 Å². The number of rotatable bonds is 4. The van der Waals surface area contributed by atoms with E-state index in [0.29, 0.717) is 17.9 Å². The van der Waals surface area contributed by atoms with Crippen LogP contribution in [0.3, 0.4) is 0 Å². The van der Waals surface area contributed by atoms with Crippen molar-refractivity contribution in [1.82, 2.24) is 15.2 Å². The van der Waals surface area contributed by atoms with Gasteiger partial charge in [0.05, 0.1) is 6.20 Å². The van der Waals surface area contributed by atoms with Crippen molar-refractivity contribution in [1.29, 1.82) is 0 Å². The van der Waals surface area contributed by atoms with E-state index in [4.69, 9.17) is 0 Å². The molecule has 1 amide bonds. The molecule has 1 aliphatic carbocycles. The van der Waals surface area contributed by atoms with Crippen molar-refractivity contribution >= 4 is 5.91 Å². The van der Waals surface area contributed by atoms with E-state index in [-0.39, 0.29) is 11.9 Å². The molecule has 1 atom stereocenters. The maximum absolute atomic E-state index is 13.2. The van der Waals surface area contributed by atoms with Gasteiger partial charge in [0.1, 0.15) is 5.82 Å². The predicted molar refractivity (Wildman–Crippen MR) is 78.1 cm³/mol. The van der Waals surface area contributed by atoms with Gasteiger partial charge in [0.15, 0.2) is 0 Å². The summed E-state index contributed by atoms with van der Waals surface area (Å²) in [5, 5.41) is 3.52. The zero-order chi connectivity index (χ0) is 14.8. The Morgan fingerprint density at radius 2 is 2.05 bits per heavy atom. The molecule has 1 aliphatic heterocycles. The third-order valence-electron chi connectivity index (χ3n) is 4.44. The Labute approximate surface area is 124 Å². The van der Waals surface area contributed by atoms with E-state index in [1.807, 2.05) is 11.8 Å². The molecule has 2 fully saturated rings. The molecule has 1 aromatic rings. The second-order valence-corrected chi connectivity index (χ2v) is 6.20. The summed E-state index contributed by atoms with van der Waals surface area (Å²) in [4.78, 5) is 17.9. The number of hydrogen-bond donors (Lipinski definition) is 1. The minimum Gasteiger partial charge on any atom is -0.342 e. The first-order chi connectivity index (χ1) is 10.1. The maximum Gasteiger partial charge on any atom is 0.225 e. The van der Waals surface area contributed by atoms with Crippen LogP contribution in [0.4, 0.5) is 4.39 Å². The maximum atomic E-state index is 13.2. The molecule has 0 bridgehead atoms. The molecular formula is C16H22FN3O. The summed E-state index contributed by atoms with van der Waals surface area (Å²) in [5.41, 5.74) is 0.867. The number of pyridine rings is 1. The van der Waals surface area contributed by atoms with Gasteiger partial charge in [-0.2, -0.15) is 0 Å². The Morgan fingerprint density at radius 1 is 1.33 bits per heavy atom. The van der Waals surface area contributed by atoms with Crippen molar-refractivity contribution in [3.63, 3.8) is 0 Å². The number of piperidine rings is 1. The van der Waals surface area contributed by atoms with E-state index < -0.39 is 0 Å². The van der Waals surface area contributed by atoms with Crippen molar-refractivity contribution < 1.29 is 9.18 Å². The highest BCUT2D eigenvalue weighted by Gasteiger charge is 2.34. The molecule has 5 heteroatoms. The first kappa shape index (κ1) is 14.4. The fraction of sp³-hybridized carbons (Fsp3) is 0.625. The molecule has 2 aliphatic rings. The van der Waals surface area contributed by atoms with Gasteiger partial charge in [-0.15, -0.1) is 0 Å².